The third-order valence-electron chi connectivity index (χ3n) is 6.69. The number of quaternary nitrogens is 2. The summed E-state index contributed by atoms with van der Waals surface area (Å²) < 4.78 is 2.01. The Kier molecular flexibility index (Phi) is 17.9. The van der Waals surface area contributed by atoms with Gasteiger partial charge in [-0.2, -0.15) is 0 Å². The minimum atomic E-state index is -0.0508. The molecule has 0 heterocycles. The molecule has 2 nitrogen and oxygen atoms in total. The molecular formula is C26H56Br2N2+2. The highest BCUT2D eigenvalue weighted by molar-refractivity contribution is 9.25. The number of likely N-dealkylation sites (N-methyl/N-ethyl adjacent to an activating group) is 2. The fourth-order valence-corrected chi connectivity index (χ4v) is 5.98. The number of rotatable bonds is 21. The lowest BCUT2D eigenvalue weighted by molar-refractivity contribution is -0.958. The smallest absolute Gasteiger partial charge is 0.257 e. The van der Waals surface area contributed by atoms with Crippen molar-refractivity contribution in [1.29, 1.82) is 0 Å². The van der Waals surface area contributed by atoms with E-state index in [1.54, 1.807) is 0 Å². The van der Waals surface area contributed by atoms with Gasteiger partial charge in [0.2, 0.25) is 0 Å². The van der Waals surface area contributed by atoms with Gasteiger partial charge in [0.25, 0.3) is 3.36 Å². The molecule has 0 fully saturated rings. The predicted molar refractivity (Wildman–Crippen MR) is 145 cm³/mol. The van der Waals surface area contributed by atoms with Crippen molar-refractivity contribution < 1.29 is 8.97 Å². The van der Waals surface area contributed by atoms with Gasteiger partial charge in [-0.05, 0) is 25.7 Å². The Labute approximate surface area is 208 Å². The summed E-state index contributed by atoms with van der Waals surface area (Å²) in [5.74, 6) is 0. The van der Waals surface area contributed by atoms with E-state index in [0.717, 1.165) is 15.5 Å². The second-order valence-corrected chi connectivity index (χ2v) is 14.5. The van der Waals surface area contributed by atoms with Gasteiger partial charge in [-0.15, -0.1) is 0 Å². The van der Waals surface area contributed by atoms with E-state index >= 15 is 0 Å². The highest BCUT2D eigenvalue weighted by atomic mass is 79.9. The molecule has 0 aromatic carbocycles. The van der Waals surface area contributed by atoms with Crippen LogP contribution in [0.5, 0.6) is 0 Å². The van der Waals surface area contributed by atoms with Crippen molar-refractivity contribution in [2.45, 2.75) is 120 Å². The van der Waals surface area contributed by atoms with E-state index in [0.29, 0.717) is 0 Å². The van der Waals surface area contributed by atoms with Crippen molar-refractivity contribution in [2.75, 3.05) is 47.8 Å². The average Bonchev–Trinajstić information content (AvgIpc) is 2.65. The number of hydrogen-bond donors (Lipinski definition) is 0. The van der Waals surface area contributed by atoms with Crippen molar-refractivity contribution >= 4 is 31.9 Å². The van der Waals surface area contributed by atoms with Gasteiger partial charge in [0, 0.05) is 31.9 Å². The van der Waals surface area contributed by atoms with Crippen LogP contribution in [-0.2, 0) is 0 Å². The zero-order valence-electron chi connectivity index (χ0n) is 21.6. The molecule has 0 radical (unpaired) electrons. The van der Waals surface area contributed by atoms with Crippen molar-refractivity contribution in [3.05, 3.63) is 0 Å². The molecule has 0 aliphatic heterocycles. The molecule has 0 bridgehead atoms. The quantitative estimate of drug-likeness (QED) is 0.0574. The van der Waals surface area contributed by atoms with E-state index in [1.165, 1.54) is 116 Å². The molecule has 0 aromatic heterocycles. The highest BCUT2D eigenvalue weighted by Gasteiger charge is 2.45. The van der Waals surface area contributed by atoms with Gasteiger partial charge in [-0.1, -0.05) is 90.9 Å². The minimum Gasteiger partial charge on any atom is -0.322 e. The maximum Gasteiger partial charge on any atom is 0.257 e. The monoisotopic (exact) mass is 554 g/mol. The SMILES string of the molecule is CCCCCCCCCC[N+](C)(C)CC(Br)(Br)[N+](C)(C)CCCCCCCCCC. The van der Waals surface area contributed by atoms with Gasteiger partial charge in [0.15, 0.2) is 6.54 Å². The van der Waals surface area contributed by atoms with E-state index in [2.05, 4.69) is 73.9 Å². The summed E-state index contributed by atoms with van der Waals surface area (Å²) in [7, 11) is 9.55. The zero-order valence-corrected chi connectivity index (χ0v) is 24.8. The Balaban J connectivity index is 4.11. The first kappa shape index (κ1) is 30.9. The van der Waals surface area contributed by atoms with Crippen LogP contribution >= 0.6 is 31.9 Å². The van der Waals surface area contributed by atoms with Crippen LogP contribution in [-0.4, -0.2) is 60.1 Å². The minimum absolute atomic E-state index is 0.0508. The fourth-order valence-electron chi connectivity index (χ4n) is 4.26. The topological polar surface area (TPSA) is 0 Å². The average molecular weight is 557 g/mol. The van der Waals surface area contributed by atoms with Crippen molar-refractivity contribution in [1.82, 2.24) is 0 Å². The van der Waals surface area contributed by atoms with E-state index in [4.69, 9.17) is 0 Å². The molecule has 0 unspecified atom stereocenters. The number of unbranched alkanes of at least 4 members (excludes halogenated alkanes) is 14. The third kappa shape index (κ3) is 15.6. The van der Waals surface area contributed by atoms with E-state index in [9.17, 15) is 0 Å². The lowest BCUT2D eigenvalue weighted by Crippen LogP contribution is -2.61. The summed E-state index contributed by atoms with van der Waals surface area (Å²) in [5.41, 5.74) is 0. The van der Waals surface area contributed by atoms with Gasteiger partial charge >= 0.3 is 0 Å². The van der Waals surface area contributed by atoms with Crippen LogP contribution in [0.4, 0.5) is 0 Å². The molecule has 0 saturated carbocycles. The van der Waals surface area contributed by atoms with Gasteiger partial charge in [-0.25, -0.2) is 0 Å². The Bertz CT molecular complexity index is 394. The molecule has 0 spiro atoms. The van der Waals surface area contributed by atoms with Crippen LogP contribution in [0.1, 0.15) is 117 Å². The molecule has 182 valence electrons. The van der Waals surface area contributed by atoms with Crippen molar-refractivity contribution in [2.24, 2.45) is 0 Å². The molecule has 0 amide bonds. The Hall–Kier alpha value is 0.880. The molecule has 0 aromatic rings. The largest absolute Gasteiger partial charge is 0.322 e. The molecular weight excluding hydrogens is 500 g/mol. The zero-order chi connectivity index (χ0) is 22.9. The Morgan fingerprint density at radius 3 is 1.23 bits per heavy atom. The third-order valence-corrected chi connectivity index (χ3v) is 9.11. The van der Waals surface area contributed by atoms with Crippen LogP contribution in [0.2, 0.25) is 0 Å². The first-order valence-corrected chi connectivity index (χ1v) is 14.7. The number of hydrogen-bond acceptors (Lipinski definition) is 0. The second-order valence-electron chi connectivity index (χ2n) is 10.8. The highest BCUT2D eigenvalue weighted by Crippen LogP contribution is 2.37. The van der Waals surface area contributed by atoms with Crippen LogP contribution in [0.3, 0.4) is 0 Å². The fraction of sp³-hybridized carbons (Fsp3) is 1.00. The number of halogens is 2. The van der Waals surface area contributed by atoms with Crippen LogP contribution < -0.4 is 0 Å². The lowest BCUT2D eigenvalue weighted by atomic mass is 10.1. The maximum atomic E-state index is 4.08. The van der Waals surface area contributed by atoms with Gasteiger partial charge in [0.1, 0.15) is 0 Å². The molecule has 0 atom stereocenters. The summed E-state index contributed by atoms with van der Waals surface area (Å²) in [5, 5.41) is 0. The van der Waals surface area contributed by atoms with Crippen molar-refractivity contribution in [3.8, 4) is 0 Å². The van der Waals surface area contributed by atoms with Crippen molar-refractivity contribution in [3.63, 3.8) is 0 Å². The first-order valence-electron chi connectivity index (χ1n) is 13.1. The molecule has 0 saturated heterocycles. The van der Waals surface area contributed by atoms with Crippen LogP contribution in [0, 0.1) is 0 Å². The standard InChI is InChI=1S/C26H56Br2N2/c1-7-9-11-13-15-17-19-21-23-29(3,4)25-26(27,28)30(5,6)24-22-20-18-16-14-12-10-8-2/h7-25H2,1-6H3/q+2. The van der Waals surface area contributed by atoms with E-state index < -0.39 is 0 Å². The molecule has 0 aliphatic rings. The summed E-state index contributed by atoms with van der Waals surface area (Å²) in [6.45, 7) is 8.19. The maximum absolute atomic E-state index is 4.08. The normalized spacial score (nSPS) is 13.2. The molecule has 0 rings (SSSR count). The summed E-state index contributed by atoms with van der Waals surface area (Å²) in [6.07, 6.45) is 22.3. The summed E-state index contributed by atoms with van der Waals surface area (Å²) >= 11 is 8.16. The van der Waals surface area contributed by atoms with Gasteiger partial charge < -0.3 is 8.97 Å². The molecule has 4 heteroatoms. The first-order chi connectivity index (χ1) is 14.1. The number of alkyl halides is 2. The van der Waals surface area contributed by atoms with Gasteiger partial charge in [0.05, 0.1) is 41.3 Å². The molecule has 30 heavy (non-hydrogen) atoms. The van der Waals surface area contributed by atoms with E-state index in [-0.39, 0.29) is 3.36 Å². The summed E-state index contributed by atoms with van der Waals surface area (Å²) in [6, 6.07) is 0. The lowest BCUT2D eigenvalue weighted by Gasteiger charge is -2.45. The van der Waals surface area contributed by atoms with Gasteiger partial charge in [-0.3, -0.25) is 0 Å². The summed E-state index contributed by atoms with van der Waals surface area (Å²) in [4.78, 5) is 0. The molecule has 0 N–H and O–H groups in total. The Morgan fingerprint density at radius 1 is 0.500 bits per heavy atom. The number of nitrogens with zero attached hydrogens (tertiary/aromatic N) is 2. The Morgan fingerprint density at radius 2 is 0.833 bits per heavy atom. The predicted octanol–water partition coefficient (Wildman–Crippen LogP) is 8.86. The van der Waals surface area contributed by atoms with Crippen LogP contribution in [0.25, 0.3) is 0 Å². The van der Waals surface area contributed by atoms with Crippen LogP contribution in [0.15, 0.2) is 0 Å². The second kappa shape index (κ2) is 17.4. The van der Waals surface area contributed by atoms with E-state index in [1.807, 2.05) is 0 Å². The molecule has 0 aliphatic carbocycles.